The van der Waals surface area contributed by atoms with E-state index in [-0.39, 0.29) is 29.3 Å². The first-order valence-electron chi connectivity index (χ1n) is 12.4. The number of halogens is 2. The lowest BCUT2D eigenvalue weighted by Gasteiger charge is -2.27. The Bertz CT molecular complexity index is 1440. The molecule has 2 aromatic carbocycles. The van der Waals surface area contributed by atoms with Crippen molar-refractivity contribution >= 4 is 45.0 Å². The van der Waals surface area contributed by atoms with E-state index >= 15 is 4.39 Å². The fraction of sp³-hybridized carbons (Fsp3) is 0.444. The van der Waals surface area contributed by atoms with E-state index in [4.69, 9.17) is 16.3 Å². The van der Waals surface area contributed by atoms with Gasteiger partial charge in [0.05, 0.1) is 28.4 Å². The Balaban J connectivity index is 1.78. The molecule has 4 rings (SSSR count). The lowest BCUT2D eigenvalue weighted by molar-refractivity contribution is -0.120. The molecule has 2 aromatic rings. The average Bonchev–Trinajstić information content (AvgIpc) is 3.42. The van der Waals surface area contributed by atoms with Gasteiger partial charge in [0.25, 0.3) is 11.8 Å². The van der Waals surface area contributed by atoms with Crippen molar-refractivity contribution in [2.45, 2.75) is 70.2 Å². The summed E-state index contributed by atoms with van der Waals surface area (Å²) in [5.74, 6) is -3.34. The molecule has 1 aliphatic heterocycles. The molecule has 2 aliphatic rings. The van der Waals surface area contributed by atoms with Crippen molar-refractivity contribution in [2.75, 3.05) is 10.7 Å². The summed E-state index contributed by atoms with van der Waals surface area (Å²) < 4.78 is 47.3. The molecule has 2 N–H and O–H groups in total. The number of nitrogens with one attached hydrogen (secondary N) is 2. The lowest BCUT2D eigenvalue weighted by Crippen LogP contribution is -2.51. The Kier molecular flexibility index (Phi) is 7.46. The molecular formula is C27H31ClFN3O6S. The van der Waals surface area contributed by atoms with E-state index in [0.717, 1.165) is 23.5 Å². The molecule has 1 fully saturated rings. The van der Waals surface area contributed by atoms with E-state index in [2.05, 4.69) is 10.6 Å². The monoisotopic (exact) mass is 579 g/mol. The van der Waals surface area contributed by atoms with Gasteiger partial charge in [-0.25, -0.2) is 17.6 Å². The van der Waals surface area contributed by atoms with E-state index in [1.165, 1.54) is 0 Å². The molecule has 210 valence electrons. The van der Waals surface area contributed by atoms with E-state index in [0.29, 0.717) is 10.6 Å². The number of hydrogen-bond donors (Lipinski definition) is 2. The summed E-state index contributed by atoms with van der Waals surface area (Å²) in [6.45, 7) is 8.66. The summed E-state index contributed by atoms with van der Waals surface area (Å²) in [6.07, 6.45) is -0.259. The third kappa shape index (κ3) is 6.52. The minimum atomic E-state index is -4.30. The molecule has 12 heteroatoms. The largest absolute Gasteiger partial charge is 0.444 e. The predicted molar refractivity (Wildman–Crippen MR) is 144 cm³/mol. The molecule has 9 nitrogen and oxygen atoms in total. The number of fused-ring (bicyclic) bond motifs is 1. The Labute approximate surface area is 232 Å². The highest BCUT2D eigenvalue weighted by Crippen LogP contribution is 2.45. The molecule has 1 heterocycles. The molecule has 0 bridgehead atoms. The van der Waals surface area contributed by atoms with Crippen LogP contribution >= 0.6 is 11.6 Å². The number of sulfone groups is 1. The van der Waals surface area contributed by atoms with Gasteiger partial charge < -0.3 is 20.3 Å². The van der Waals surface area contributed by atoms with Gasteiger partial charge in [-0.3, -0.25) is 9.59 Å². The van der Waals surface area contributed by atoms with E-state index < -0.39 is 55.9 Å². The molecule has 1 unspecified atom stereocenters. The number of hydrogen-bond acceptors (Lipinski definition) is 6. The molecule has 1 saturated carbocycles. The van der Waals surface area contributed by atoms with Crippen LogP contribution in [-0.4, -0.2) is 49.8 Å². The summed E-state index contributed by atoms with van der Waals surface area (Å²) in [5, 5.41) is 5.57. The normalized spacial score (nSPS) is 21.4. The quantitative estimate of drug-likeness (QED) is 0.547. The number of carbonyl (C=O) groups is 3. The SMILES string of the molecule is CC(C)(C)OC(=O)N[C@H]1CS(=O)(=O)c2cc(F)c(C(=O)NC3CC3(C)C)cc2N(Cc2ccc(Cl)cc2)C1=O. The van der Waals surface area contributed by atoms with E-state index in [9.17, 15) is 22.8 Å². The first-order valence-corrected chi connectivity index (χ1v) is 14.4. The van der Waals surface area contributed by atoms with Gasteiger partial charge in [0, 0.05) is 11.1 Å². The Morgan fingerprint density at radius 3 is 2.33 bits per heavy atom. The summed E-state index contributed by atoms with van der Waals surface area (Å²) in [7, 11) is -4.30. The molecule has 2 atom stereocenters. The van der Waals surface area contributed by atoms with Crippen molar-refractivity contribution in [3.63, 3.8) is 0 Å². The van der Waals surface area contributed by atoms with Crippen LogP contribution in [0.4, 0.5) is 14.9 Å². The molecule has 0 radical (unpaired) electrons. The van der Waals surface area contributed by atoms with Crippen LogP contribution in [0.3, 0.4) is 0 Å². The first kappa shape index (κ1) is 28.8. The van der Waals surface area contributed by atoms with Crippen LogP contribution in [0.25, 0.3) is 0 Å². The zero-order valence-corrected chi connectivity index (χ0v) is 23.9. The number of rotatable bonds is 5. The Morgan fingerprint density at radius 2 is 1.77 bits per heavy atom. The summed E-state index contributed by atoms with van der Waals surface area (Å²) >= 11 is 5.99. The molecule has 0 saturated heterocycles. The maximum absolute atomic E-state index is 15.2. The first-order chi connectivity index (χ1) is 18.0. The third-order valence-electron chi connectivity index (χ3n) is 6.63. The second-order valence-corrected chi connectivity index (χ2v) is 14.0. The van der Waals surface area contributed by atoms with Crippen LogP contribution < -0.4 is 15.5 Å². The lowest BCUT2D eigenvalue weighted by atomic mass is 10.1. The minimum Gasteiger partial charge on any atom is -0.444 e. The number of benzene rings is 2. The molecule has 39 heavy (non-hydrogen) atoms. The molecule has 0 spiro atoms. The van der Waals surface area contributed by atoms with Gasteiger partial charge in [0.2, 0.25) is 0 Å². The Hall–Kier alpha value is -3.18. The van der Waals surface area contributed by atoms with Gasteiger partial charge in [-0.2, -0.15) is 0 Å². The highest BCUT2D eigenvalue weighted by Gasteiger charge is 2.47. The summed E-state index contributed by atoms with van der Waals surface area (Å²) in [4.78, 5) is 39.9. The number of alkyl carbamates (subject to hydrolysis) is 1. The number of ether oxygens (including phenoxy) is 1. The van der Waals surface area contributed by atoms with Crippen LogP contribution in [0.2, 0.25) is 5.02 Å². The van der Waals surface area contributed by atoms with Crippen LogP contribution in [-0.2, 0) is 25.9 Å². The standard InChI is InChI=1S/C27H31ClFN3O6S/c1-26(2,3)38-25(35)30-19-14-39(36,37)21-11-18(29)17(23(33)31-22-12-27(22,4)5)10-20(21)32(24(19)34)13-15-6-8-16(28)9-7-15/h6-11,19,22H,12-14H2,1-5H3,(H,30,35)(H,31,33)/t19-,22?/m0/s1. The second kappa shape index (κ2) is 10.1. The van der Waals surface area contributed by atoms with Crippen molar-refractivity contribution in [1.82, 2.24) is 10.6 Å². The van der Waals surface area contributed by atoms with Crippen LogP contribution in [0, 0.1) is 11.2 Å². The fourth-order valence-electron chi connectivity index (χ4n) is 4.30. The maximum atomic E-state index is 15.2. The number of carbonyl (C=O) groups excluding carboxylic acids is 3. The van der Waals surface area contributed by atoms with Gasteiger partial charge in [-0.15, -0.1) is 0 Å². The number of nitrogens with zero attached hydrogens (tertiary/aromatic N) is 1. The molecule has 0 aromatic heterocycles. The van der Waals surface area contributed by atoms with Crippen LogP contribution in [0.15, 0.2) is 41.3 Å². The van der Waals surface area contributed by atoms with Crippen molar-refractivity contribution in [3.8, 4) is 0 Å². The van der Waals surface area contributed by atoms with Gasteiger partial charge in [0.1, 0.15) is 17.5 Å². The second-order valence-electron chi connectivity index (χ2n) is 11.5. The number of anilines is 1. The highest BCUT2D eigenvalue weighted by molar-refractivity contribution is 7.91. The zero-order chi connectivity index (χ0) is 28.9. The molecule has 3 amide bonds. The zero-order valence-electron chi connectivity index (χ0n) is 22.3. The van der Waals surface area contributed by atoms with Crippen LogP contribution in [0.5, 0.6) is 0 Å². The smallest absolute Gasteiger partial charge is 0.408 e. The molecular weight excluding hydrogens is 549 g/mol. The predicted octanol–water partition coefficient (Wildman–Crippen LogP) is 4.22. The van der Waals surface area contributed by atoms with Gasteiger partial charge in [-0.05, 0) is 62.4 Å². The van der Waals surface area contributed by atoms with Gasteiger partial charge in [0.15, 0.2) is 9.84 Å². The number of amides is 3. The van der Waals surface area contributed by atoms with Crippen molar-refractivity contribution < 1.29 is 31.9 Å². The van der Waals surface area contributed by atoms with Crippen molar-refractivity contribution in [3.05, 3.63) is 58.4 Å². The minimum absolute atomic E-state index is 0.127. The third-order valence-corrected chi connectivity index (χ3v) is 8.65. The van der Waals surface area contributed by atoms with Gasteiger partial charge >= 0.3 is 6.09 Å². The van der Waals surface area contributed by atoms with E-state index in [1.54, 1.807) is 45.0 Å². The summed E-state index contributed by atoms with van der Waals surface area (Å²) in [5.41, 5.74) is -0.990. The average molecular weight is 580 g/mol. The maximum Gasteiger partial charge on any atom is 0.408 e. The molecule has 1 aliphatic carbocycles. The van der Waals surface area contributed by atoms with Crippen LogP contribution in [0.1, 0.15) is 57.0 Å². The fourth-order valence-corrected chi connectivity index (χ4v) is 6.04. The topological polar surface area (TPSA) is 122 Å². The summed E-state index contributed by atoms with van der Waals surface area (Å²) in [6, 6.07) is 6.67. The van der Waals surface area contributed by atoms with E-state index in [1.807, 2.05) is 13.8 Å². The van der Waals surface area contributed by atoms with Crippen molar-refractivity contribution in [1.29, 1.82) is 0 Å². The van der Waals surface area contributed by atoms with Gasteiger partial charge in [-0.1, -0.05) is 37.6 Å². The Morgan fingerprint density at radius 1 is 1.15 bits per heavy atom. The highest BCUT2D eigenvalue weighted by atomic mass is 35.5. The van der Waals surface area contributed by atoms with Crippen molar-refractivity contribution in [2.24, 2.45) is 5.41 Å².